The van der Waals surface area contributed by atoms with Crippen LogP contribution >= 0.6 is 0 Å². The molecular formula is C44H40BN5. The maximum absolute atomic E-state index is 5.28. The molecule has 6 heteroatoms. The Bertz CT molecular complexity index is 2210. The van der Waals surface area contributed by atoms with E-state index in [0.717, 1.165) is 29.2 Å². The van der Waals surface area contributed by atoms with Gasteiger partial charge in [-0.3, -0.25) is 0 Å². The Morgan fingerprint density at radius 2 is 1.34 bits per heavy atom. The molecular weight excluding hydrogens is 609 g/mol. The second kappa shape index (κ2) is 13.6. The van der Waals surface area contributed by atoms with E-state index in [-0.39, 0.29) is 12.6 Å². The molecule has 0 saturated heterocycles. The molecule has 0 radical (unpaired) electrons. The van der Waals surface area contributed by atoms with Crippen LogP contribution in [-0.2, 0) is 0 Å². The molecule has 1 aromatic heterocycles. The molecule has 2 aliphatic rings. The molecule has 8 rings (SSSR count). The van der Waals surface area contributed by atoms with Crippen LogP contribution in [0.3, 0.4) is 0 Å². The molecule has 0 amide bonds. The Morgan fingerprint density at radius 1 is 0.680 bits per heavy atom. The molecule has 5 nitrogen and oxygen atoms in total. The minimum atomic E-state index is 0.0161. The first-order valence-electron chi connectivity index (χ1n) is 17.4. The van der Waals surface area contributed by atoms with Crippen molar-refractivity contribution in [2.45, 2.75) is 33.1 Å². The van der Waals surface area contributed by atoms with Gasteiger partial charge in [0.05, 0.1) is 17.1 Å². The zero-order valence-electron chi connectivity index (χ0n) is 28.8. The smallest absolute Gasteiger partial charge is 0.242 e. The molecule has 2 heterocycles. The third-order valence-corrected chi connectivity index (χ3v) is 9.86. The van der Waals surface area contributed by atoms with Gasteiger partial charge in [0, 0.05) is 23.4 Å². The summed E-state index contributed by atoms with van der Waals surface area (Å²) in [6.07, 6.45) is 13.8. The first-order chi connectivity index (χ1) is 24.5. The third-order valence-electron chi connectivity index (χ3n) is 9.86. The second-order valence-electron chi connectivity index (χ2n) is 13.4. The number of hydrogen-bond acceptors (Lipinski definition) is 4. The molecule has 244 valence electrons. The summed E-state index contributed by atoms with van der Waals surface area (Å²) in [7, 11) is 0. The summed E-state index contributed by atoms with van der Waals surface area (Å²) in [5.41, 5.74) is 14.4. The number of allylic oxidation sites excluding steroid dienone is 4. The van der Waals surface area contributed by atoms with E-state index in [1.165, 1.54) is 44.2 Å². The van der Waals surface area contributed by atoms with Gasteiger partial charge in [-0.1, -0.05) is 142 Å². The number of benzene rings is 5. The molecule has 0 bridgehead atoms. The summed E-state index contributed by atoms with van der Waals surface area (Å²) in [6, 6.07) is 43.5. The van der Waals surface area contributed by atoms with Gasteiger partial charge in [-0.25, -0.2) is 9.69 Å². The van der Waals surface area contributed by atoms with Crippen LogP contribution < -0.4 is 26.3 Å². The van der Waals surface area contributed by atoms with E-state index < -0.39 is 0 Å². The predicted octanol–water partition coefficient (Wildman–Crippen LogP) is 7.81. The highest BCUT2D eigenvalue weighted by Gasteiger charge is 2.28. The van der Waals surface area contributed by atoms with E-state index in [1.54, 1.807) is 0 Å². The quantitative estimate of drug-likeness (QED) is 0.158. The Labute approximate surface area is 295 Å². The van der Waals surface area contributed by atoms with E-state index in [4.69, 9.17) is 10.2 Å². The van der Waals surface area contributed by atoms with E-state index in [2.05, 4.69) is 181 Å². The van der Waals surface area contributed by atoms with Crippen molar-refractivity contribution in [1.29, 1.82) is 0 Å². The average molecular weight is 650 g/mol. The van der Waals surface area contributed by atoms with Crippen LogP contribution in [0.15, 0.2) is 157 Å². The summed E-state index contributed by atoms with van der Waals surface area (Å²) in [4.78, 5) is 2.17. The molecule has 5 aromatic carbocycles. The molecule has 50 heavy (non-hydrogen) atoms. The first-order valence-corrected chi connectivity index (χ1v) is 17.4. The fourth-order valence-electron chi connectivity index (χ4n) is 7.56. The lowest BCUT2D eigenvalue weighted by atomic mass is 9.35. The van der Waals surface area contributed by atoms with Gasteiger partial charge in [-0.15, -0.1) is 0 Å². The van der Waals surface area contributed by atoms with Crippen molar-refractivity contribution in [3.05, 3.63) is 174 Å². The zero-order chi connectivity index (χ0) is 34.0. The molecule has 0 N–H and O–H groups in total. The number of rotatable bonds is 8. The summed E-state index contributed by atoms with van der Waals surface area (Å²) >= 11 is 0. The highest BCUT2D eigenvalue weighted by atomic mass is 15.6. The minimum absolute atomic E-state index is 0.0161. The molecule has 1 aliphatic heterocycles. The summed E-state index contributed by atoms with van der Waals surface area (Å²) < 4.78 is 2.08. The second-order valence-corrected chi connectivity index (χ2v) is 13.4. The van der Waals surface area contributed by atoms with Crippen LogP contribution in [-0.4, -0.2) is 29.5 Å². The van der Waals surface area contributed by atoms with Gasteiger partial charge in [-0.2, -0.15) is 10.2 Å². The van der Waals surface area contributed by atoms with Crippen LogP contribution in [0.5, 0.6) is 0 Å². The van der Waals surface area contributed by atoms with Crippen molar-refractivity contribution in [2.24, 2.45) is 5.10 Å². The summed E-state index contributed by atoms with van der Waals surface area (Å²) in [6.45, 7) is 7.35. The van der Waals surface area contributed by atoms with Gasteiger partial charge in [-0.05, 0) is 69.2 Å². The van der Waals surface area contributed by atoms with Crippen LogP contribution in [0.2, 0.25) is 0 Å². The number of aromatic nitrogens is 2. The Morgan fingerprint density at radius 3 is 2.04 bits per heavy atom. The minimum Gasteiger partial charge on any atom is -0.311 e. The normalized spacial score (nSPS) is 15.2. The van der Waals surface area contributed by atoms with E-state index in [1.807, 2.05) is 12.4 Å². The molecule has 1 aliphatic carbocycles. The number of aryl methyl sites for hydroxylation is 3. The molecule has 0 saturated carbocycles. The van der Waals surface area contributed by atoms with Crippen LogP contribution in [0.1, 0.15) is 34.7 Å². The molecule has 0 spiro atoms. The fourth-order valence-corrected chi connectivity index (χ4v) is 7.56. The monoisotopic (exact) mass is 649 g/mol. The standard InChI is InChI=1S/C44H40BN5/c1-32-25-33(2)43(34(3)26-32)45(38-20-14-24-41(28-38)50-31-48(30-46-50)39-21-11-6-12-22-39)37-19-13-23-40(27-37)49-29-42(35-15-7-4-8-16-35)44(47-49)36-17-9-5-10-18-36/h4-17,19-30,36H,18,31H2,1-3H3/t36-/m1/s1. The van der Waals surface area contributed by atoms with Crippen molar-refractivity contribution in [3.63, 3.8) is 0 Å². The SMILES string of the molecule is Cc1cc(C)c(B(c2cccc(N3CN(c4ccccc4)C=N3)c2)c2cccc(-n3cc(-c4ccccc4)c([C@@H]4C=CC=CC4)n3)c2)c(C)c1. The fraction of sp³-hybridized carbons (Fsp3) is 0.136. The zero-order valence-corrected chi connectivity index (χ0v) is 28.8. The average Bonchev–Trinajstić information content (AvgIpc) is 3.84. The van der Waals surface area contributed by atoms with Crippen LogP contribution in [0.25, 0.3) is 16.8 Å². The predicted molar refractivity (Wildman–Crippen MR) is 211 cm³/mol. The van der Waals surface area contributed by atoms with Crippen molar-refractivity contribution in [3.8, 4) is 16.8 Å². The van der Waals surface area contributed by atoms with Crippen molar-refractivity contribution in [1.82, 2.24) is 9.78 Å². The Balaban J connectivity index is 1.21. The number of hydrogen-bond donors (Lipinski definition) is 0. The van der Waals surface area contributed by atoms with Gasteiger partial charge < -0.3 is 4.90 Å². The van der Waals surface area contributed by atoms with Crippen LogP contribution in [0.4, 0.5) is 11.4 Å². The maximum Gasteiger partial charge on any atom is 0.242 e. The highest BCUT2D eigenvalue weighted by molar-refractivity contribution is 6.96. The number of hydrazone groups is 1. The Kier molecular flexibility index (Phi) is 8.51. The molecule has 6 aromatic rings. The molecule has 0 unspecified atom stereocenters. The van der Waals surface area contributed by atoms with E-state index >= 15 is 0 Å². The lowest BCUT2D eigenvalue weighted by Gasteiger charge is -2.23. The largest absolute Gasteiger partial charge is 0.311 e. The highest BCUT2D eigenvalue weighted by Crippen LogP contribution is 2.33. The van der Waals surface area contributed by atoms with Crippen molar-refractivity contribution >= 4 is 40.8 Å². The Hall–Kier alpha value is -5.88. The maximum atomic E-state index is 5.28. The van der Waals surface area contributed by atoms with Crippen molar-refractivity contribution in [2.75, 3.05) is 16.6 Å². The third kappa shape index (κ3) is 6.21. The number of para-hydroxylation sites is 1. The van der Waals surface area contributed by atoms with Gasteiger partial charge in [0.1, 0.15) is 13.0 Å². The molecule has 0 fully saturated rings. The van der Waals surface area contributed by atoms with Gasteiger partial charge in [0.25, 0.3) is 0 Å². The topological polar surface area (TPSA) is 36.7 Å². The number of nitrogens with zero attached hydrogens (tertiary/aromatic N) is 5. The lowest BCUT2D eigenvalue weighted by molar-refractivity contribution is 0.768. The first kappa shape index (κ1) is 31.4. The van der Waals surface area contributed by atoms with Gasteiger partial charge in [0.2, 0.25) is 6.71 Å². The van der Waals surface area contributed by atoms with Crippen molar-refractivity contribution < 1.29 is 0 Å². The summed E-state index contributed by atoms with van der Waals surface area (Å²) in [5.74, 6) is 0.235. The summed E-state index contributed by atoms with van der Waals surface area (Å²) in [5, 5.41) is 12.1. The number of anilines is 2. The van der Waals surface area contributed by atoms with Gasteiger partial charge >= 0.3 is 0 Å². The van der Waals surface area contributed by atoms with Gasteiger partial charge in [0.15, 0.2) is 0 Å². The molecule has 1 atom stereocenters. The van der Waals surface area contributed by atoms with E-state index in [0.29, 0.717) is 6.67 Å². The lowest BCUT2D eigenvalue weighted by Crippen LogP contribution is -2.54. The van der Waals surface area contributed by atoms with Crippen LogP contribution in [0, 0.1) is 20.8 Å². The van der Waals surface area contributed by atoms with E-state index in [9.17, 15) is 0 Å².